The summed E-state index contributed by atoms with van der Waals surface area (Å²) in [6.07, 6.45) is 18.2. The van der Waals surface area contributed by atoms with E-state index in [1.165, 1.54) is 6.33 Å². The third-order valence-corrected chi connectivity index (χ3v) is 2.00. The Bertz CT molecular complexity index is 456. The topological polar surface area (TPSA) is 90.2 Å². The maximum atomic E-state index is 3.78. The van der Waals surface area contributed by atoms with Gasteiger partial charge < -0.3 is 0 Å². The Morgan fingerprint density at radius 2 is 0.556 bits per heavy atom. The Morgan fingerprint density at radius 1 is 0.278 bits per heavy atom. The van der Waals surface area contributed by atoms with E-state index in [9.17, 15) is 0 Å². The molecule has 7 nitrogen and oxygen atoms in total. The van der Waals surface area contributed by atoms with Crippen LogP contribution in [0.1, 0.15) is 55.4 Å². The summed E-state index contributed by atoms with van der Waals surface area (Å²) in [6.45, 7) is 16.0. The van der Waals surface area contributed by atoms with E-state index in [0.717, 1.165) is 0 Å². The van der Waals surface area contributed by atoms with E-state index in [0.29, 0.717) is 0 Å². The van der Waals surface area contributed by atoms with E-state index in [1.54, 1.807) is 68.0 Å². The van der Waals surface area contributed by atoms with Crippen LogP contribution in [0.25, 0.3) is 0 Å². The second kappa shape index (κ2) is 70.5. The zero-order valence-electron chi connectivity index (χ0n) is 23.3. The second-order valence-corrected chi connectivity index (χ2v) is 3.74. The Balaban J connectivity index is -0.0000000428. The van der Waals surface area contributed by atoms with Crippen molar-refractivity contribution in [3.05, 3.63) is 105 Å². The maximum absolute atomic E-state index is 3.78. The molecule has 0 aliphatic heterocycles. The molecular weight excluding hydrogens is 754 g/mol. The van der Waals surface area contributed by atoms with Crippen LogP contribution in [0.4, 0.5) is 0 Å². The summed E-state index contributed by atoms with van der Waals surface area (Å²) >= 11 is 0. The van der Waals surface area contributed by atoms with Crippen molar-refractivity contribution in [1.82, 2.24) is 35.1 Å². The fourth-order valence-electron chi connectivity index (χ4n) is 1.07. The van der Waals surface area contributed by atoms with Gasteiger partial charge in [-0.1, -0.05) is 61.5 Å². The molecule has 11 heteroatoms. The summed E-state index contributed by atoms with van der Waals surface area (Å²) in [4.78, 5) is 18.6. The van der Waals surface area contributed by atoms with Gasteiger partial charge in [-0.25, -0.2) is 9.97 Å². The van der Waals surface area contributed by atoms with Gasteiger partial charge in [0.2, 0.25) is 0 Å². The van der Waals surface area contributed by atoms with Crippen LogP contribution in [0, 0.1) is 0 Å². The maximum Gasteiger partial charge on any atom is 0.115 e. The van der Waals surface area contributed by atoms with Crippen LogP contribution in [0.2, 0.25) is 0 Å². The minimum Gasteiger partial charge on any atom is -0.265 e. The number of hydrogen-bond donors (Lipinski definition) is 0. The third kappa shape index (κ3) is 64.6. The first-order chi connectivity index (χ1) is 16.0. The van der Waals surface area contributed by atoms with Gasteiger partial charge >= 0.3 is 0 Å². The quantitative estimate of drug-likeness (QED) is 0.198. The zero-order valence-corrected chi connectivity index (χ0v) is 34.6. The fourth-order valence-corrected chi connectivity index (χ4v) is 1.07. The van der Waals surface area contributed by atoms with Crippen molar-refractivity contribution in [2.24, 2.45) is 0 Å². The molecule has 188 valence electrons. The number of rotatable bonds is 0. The summed E-state index contributed by atoms with van der Waals surface area (Å²) in [5, 5.41) is 7.07. The smallest absolute Gasteiger partial charge is 0.115 e. The predicted octanol–water partition coefficient (Wildman–Crippen LogP) is 6.61. The third-order valence-electron chi connectivity index (χ3n) is 2.00. The second-order valence-electron chi connectivity index (χ2n) is 3.74. The molecule has 0 N–H and O–H groups in total. The van der Waals surface area contributed by atoms with E-state index in [1.807, 2.05) is 85.7 Å². The molecule has 0 saturated heterocycles. The van der Waals surface area contributed by atoms with Crippen molar-refractivity contribution in [3.63, 3.8) is 0 Å². The Hall–Kier alpha value is 0.806. The molecule has 0 spiro atoms. The van der Waals surface area contributed by atoms with Crippen molar-refractivity contribution in [3.8, 4) is 0 Å². The molecule has 0 bridgehead atoms. The van der Waals surface area contributed by atoms with Gasteiger partial charge in [0.05, 0.1) is 0 Å². The first-order valence-corrected chi connectivity index (χ1v) is 11.0. The Labute approximate surface area is 321 Å². The molecule has 4 aromatic heterocycles. The van der Waals surface area contributed by atoms with E-state index < -0.39 is 0 Å². The molecule has 0 aliphatic rings. The van der Waals surface area contributed by atoms with E-state index in [4.69, 9.17) is 0 Å². The predicted molar refractivity (Wildman–Crippen MR) is 136 cm³/mol. The molecule has 0 aliphatic carbocycles. The molecule has 0 amide bonds. The molecule has 4 rings (SSSR count). The molecule has 36 heavy (non-hydrogen) atoms. The van der Waals surface area contributed by atoms with Gasteiger partial charge in [0.1, 0.15) is 6.33 Å². The molecule has 0 fully saturated rings. The van der Waals surface area contributed by atoms with Crippen LogP contribution < -0.4 is 0 Å². The summed E-state index contributed by atoms with van der Waals surface area (Å²) < 4.78 is 0. The van der Waals surface area contributed by atoms with Crippen LogP contribution in [0.15, 0.2) is 105 Å². The number of nitrogens with zero attached hydrogens (tertiary/aromatic N) is 7. The Kier molecular flexibility index (Phi) is 111. The number of hydrogen-bond acceptors (Lipinski definition) is 7. The standard InChI is InChI=1S/C5H5N.3C4H4N2.4C2H6.4Y/c1-2-4-6-5-3-1;1-2-6-4-3-5-1;1-2-5-4-6-3-1;1-2-4-6-5-3-1;4*1-2;;;;/h1-5H;3*1-4H;4*1-2H3;;;;. The largest absolute Gasteiger partial charge is 0.265 e. The van der Waals surface area contributed by atoms with Gasteiger partial charge in [-0.05, 0) is 30.3 Å². The van der Waals surface area contributed by atoms with Crippen LogP contribution in [-0.2, 0) is 131 Å². The summed E-state index contributed by atoms with van der Waals surface area (Å²) in [7, 11) is 0. The van der Waals surface area contributed by atoms with Gasteiger partial charge in [-0.15, -0.1) is 0 Å². The first kappa shape index (κ1) is 56.9. The van der Waals surface area contributed by atoms with Crippen molar-refractivity contribution >= 4 is 0 Å². The molecule has 0 unspecified atom stereocenters. The van der Waals surface area contributed by atoms with E-state index >= 15 is 0 Å². The number of aromatic nitrogens is 7. The normalized spacial score (nSPS) is 6.00. The van der Waals surface area contributed by atoms with Crippen LogP contribution in [0.5, 0.6) is 0 Å². The average molecular weight is 795 g/mol. The van der Waals surface area contributed by atoms with Crippen molar-refractivity contribution in [1.29, 1.82) is 0 Å². The molecule has 4 heterocycles. The summed E-state index contributed by atoms with van der Waals surface area (Å²) in [5.41, 5.74) is 0. The van der Waals surface area contributed by atoms with Crippen LogP contribution in [0.3, 0.4) is 0 Å². The minimum atomic E-state index is 0. The minimum absolute atomic E-state index is 0. The average Bonchev–Trinajstić information content (AvgIpc) is 2.98. The van der Waals surface area contributed by atoms with Crippen LogP contribution in [-0.4, -0.2) is 35.1 Å². The monoisotopic (exact) mass is 795 g/mol. The van der Waals surface area contributed by atoms with Gasteiger partial charge in [0.15, 0.2) is 0 Å². The van der Waals surface area contributed by atoms with E-state index in [2.05, 4.69) is 35.1 Å². The molecule has 4 aromatic rings. The molecular formula is C25H41N7Y4. The molecule has 4 radical (unpaired) electrons. The SMILES string of the molecule is CC.CC.CC.CC.[Y].[Y].[Y].[Y].c1ccncc1.c1ccnnc1.c1cnccn1.c1cncnc1. The van der Waals surface area contributed by atoms with Gasteiger partial charge in [0.25, 0.3) is 0 Å². The fraction of sp³-hybridized carbons (Fsp3) is 0.320. The molecule has 0 saturated carbocycles. The van der Waals surface area contributed by atoms with Crippen LogP contribution >= 0.6 is 0 Å². The number of pyridine rings is 1. The zero-order chi connectivity index (χ0) is 25.0. The molecule has 0 atom stereocenters. The summed E-state index contributed by atoms with van der Waals surface area (Å²) in [5.74, 6) is 0. The first-order valence-electron chi connectivity index (χ1n) is 11.0. The van der Waals surface area contributed by atoms with Gasteiger partial charge in [-0.3, -0.25) is 15.0 Å². The van der Waals surface area contributed by atoms with Gasteiger partial charge in [-0.2, -0.15) is 10.2 Å². The van der Waals surface area contributed by atoms with E-state index in [-0.39, 0.29) is 131 Å². The Morgan fingerprint density at radius 3 is 0.667 bits per heavy atom. The summed E-state index contributed by atoms with van der Waals surface area (Å²) in [6, 6.07) is 11.1. The van der Waals surface area contributed by atoms with Crippen molar-refractivity contribution in [2.75, 3.05) is 0 Å². The van der Waals surface area contributed by atoms with Crippen molar-refractivity contribution < 1.29 is 131 Å². The molecule has 0 aromatic carbocycles. The van der Waals surface area contributed by atoms with Gasteiger partial charge in [0, 0.05) is 193 Å². The van der Waals surface area contributed by atoms with Crippen molar-refractivity contribution in [2.45, 2.75) is 55.4 Å².